The molecular weight excluding hydrogens is 368 g/mol. The lowest BCUT2D eigenvalue weighted by molar-refractivity contribution is -0.384. The number of methoxy groups -OCH3 is 2. The Balaban J connectivity index is 1.74. The molecule has 27 heavy (non-hydrogen) atoms. The van der Waals surface area contributed by atoms with Crippen LogP contribution in [0.5, 0.6) is 11.5 Å². The molecule has 8 nitrogen and oxygen atoms in total. The van der Waals surface area contributed by atoms with E-state index in [0.717, 1.165) is 5.56 Å². The van der Waals surface area contributed by atoms with Gasteiger partial charge in [0.15, 0.2) is 0 Å². The van der Waals surface area contributed by atoms with Gasteiger partial charge in [-0.15, -0.1) is 11.3 Å². The van der Waals surface area contributed by atoms with Gasteiger partial charge in [0.2, 0.25) is 5.13 Å². The van der Waals surface area contributed by atoms with Crippen LogP contribution in [0.4, 0.5) is 10.8 Å². The number of hydrazone groups is 1. The zero-order chi connectivity index (χ0) is 19.2. The molecule has 0 bridgehead atoms. The highest BCUT2D eigenvalue weighted by atomic mass is 32.1. The van der Waals surface area contributed by atoms with E-state index in [2.05, 4.69) is 15.5 Å². The smallest absolute Gasteiger partial charge is 0.270 e. The maximum Gasteiger partial charge on any atom is 0.270 e. The largest absolute Gasteiger partial charge is 0.497 e. The van der Waals surface area contributed by atoms with Crippen molar-refractivity contribution in [2.24, 2.45) is 5.10 Å². The number of aromatic nitrogens is 1. The predicted octanol–water partition coefficient (Wildman–Crippen LogP) is 4.18. The monoisotopic (exact) mass is 384 g/mol. The maximum absolute atomic E-state index is 10.9. The minimum absolute atomic E-state index is 0.0261. The first kappa shape index (κ1) is 18.3. The Hall–Kier alpha value is -3.46. The zero-order valence-corrected chi connectivity index (χ0v) is 15.4. The number of rotatable bonds is 7. The summed E-state index contributed by atoms with van der Waals surface area (Å²) in [6, 6.07) is 11.7. The van der Waals surface area contributed by atoms with Gasteiger partial charge in [-0.3, -0.25) is 15.5 Å². The van der Waals surface area contributed by atoms with Gasteiger partial charge in [-0.2, -0.15) is 5.10 Å². The van der Waals surface area contributed by atoms with Gasteiger partial charge < -0.3 is 9.47 Å². The van der Waals surface area contributed by atoms with Gasteiger partial charge in [0.1, 0.15) is 11.5 Å². The number of hydrogen-bond donors (Lipinski definition) is 1. The van der Waals surface area contributed by atoms with Crippen LogP contribution in [0.3, 0.4) is 0 Å². The fraction of sp³-hybridized carbons (Fsp3) is 0.111. The lowest BCUT2D eigenvalue weighted by Gasteiger charge is -2.06. The number of anilines is 1. The summed E-state index contributed by atoms with van der Waals surface area (Å²) in [6.07, 6.45) is 1.61. The van der Waals surface area contributed by atoms with Gasteiger partial charge in [0, 0.05) is 28.6 Å². The van der Waals surface area contributed by atoms with Gasteiger partial charge in [-0.1, -0.05) is 12.1 Å². The first-order chi connectivity index (χ1) is 13.1. The summed E-state index contributed by atoms with van der Waals surface area (Å²) in [7, 11) is 3.17. The molecular formula is C18H16N4O4S. The molecule has 0 atom stereocenters. The number of thiazole rings is 1. The second-order valence-electron chi connectivity index (χ2n) is 5.32. The maximum atomic E-state index is 10.9. The van der Waals surface area contributed by atoms with Crippen molar-refractivity contribution in [3.05, 3.63) is 63.5 Å². The summed E-state index contributed by atoms with van der Waals surface area (Å²) in [4.78, 5) is 14.9. The van der Waals surface area contributed by atoms with Crippen molar-refractivity contribution in [1.29, 1.82) is 0 Å². The first-order valence-electron chi connectivity index (χ1n) is 7.82. The molecule has 3 rings (SSSR count). The average Bonchev–Trinajstić information content (AvgIpc) is 3.17. The van der Waals surface area contributed by atoms with Gasteiger partial charge in [0.25, 0.3) is 5.69 Å². The van der Waals surface area contributed by atoms with Crippen molar-refractivity contribution in [2.75, 3.05) is 19.6 Å². The molecule has 1 heterocycles. The summed E-state index contributed by atoms with van der Waals surface area (Å²) in [6.45, 7) is 0. The molecule has 0 aliphatic rings. The minimum Gasteiger partial charge on any atom is -0.497 e. The standard InChI is InChI=1S/C18H16N4O4S/c1-25-15-6-7-17(26-2)13(9-15)10-19-21-18-20-16(11-27-18)12-4-3-5-14(8-12)22(23)24/h3-11H,1-2H3,(H,20,21)/b19-10+. The number of non-ortho nitro benzene ring substituents is 1. The van der Waals surface area contributed by atoms with Crippen molar-refractivity contribution in [3.8, 4) is 22.8 Å². The Morgan fingerprint density at radius 2 is 2.07 bits per heavy atom. The fourth-order valence-corrected chi connectivity index (χ4v) is 3.00. The summed E-state index contributed by atoms with van der Waals surface area (Å²) in [5.41, 5.74) is 4.94. The highest BCUT2D eigenvalue weighted by molar-refractivity contribution is 7.14. The summed E-state index contributed by atoms with van der Waals surface area (Å²) in [5, 5.41) is 17.5. The van der Waals surface area contributed by atoms with E-state index < -0.39 is 4.92 Å². The number of ether oxygens (including phenoxy) is 2. The third-order valence-corrected chi connectivity index (χ3v) is 4.40. The summed E-state index contributed by atoms with van der Waals surface area (Å²) >= 11 is 1.35. The molecule has 138 valence electrons. The Labute approximate surface area is 159 Å². The third kappa shape index (κ3) is 4.39. The molecule has 1 N–H and O–H groups in total. The third-order valence-electron chi connectivity index (χ3n) is 3.66. The molecule has 1 aromatic heterocycles. The predicted molar refractivity (Wildman–Crippen MR) is 105 cm³/mol. The molecule has 0 radical (unpaired) electrons. The van der Waals surface area contributed by atoms with Crippen molar-refractivity contribution < 1.29 is 14.4 Å². The molecule has 9 heteroatoms. The molecule has 0 unspecified atom stereocenters. The van der Waals surface area contributed by atoms with E-state index in [-0.39, 0.29) is 5.69 Å². The van der Waals surface area contributed by atoms with Crippen molar-refractivity contribution in [3.63, 3.8) is 0 Å². The topological polar surface area (TPSA) is 98.9 Å². The second kappa shape index (κ2) is 8.28. The minimum atomic E-state index is -0.430. The quantitative estimate of drug-likeness (QED) is 0.373. The van der Waals surface area contributed by atoms with Crippen LogP contribution in [0.15, 0.2) is 52.9 Å². The van der Waals surface area contributed by atoms with Crippen LogP contribution >= 0.6 is 11.3 Å². The van der Waals surface area contributed by atoms with Gasteiger partial charge in [-0.05, 0) is 18.2 Å². The average molecular weight is 384 g/mol. The Kier molecular flexibility index (Phi) is 5.62. The van der Waals surface area contributed by atoms with Gasteiger partial charge >= 0.3 is 0 Å². The van der Waals surface area contributed by atoms with Crippen LogP contribution < -0.4 is 14.9 Å². The SMILES string of the molecule is COc1ccc(OC)c(/C=N/Nc2nc(-c3cccc([N+](=O)[O-])c3)cs2)c1. The Bertz CT molecular complexity index is 987. The Morgan fingerprint density at radius 1 is 1.22 bits per heavy atom. The summed E-state index contributed by atoms with van der Waals surface area (Å²) in [5.74, 6) is 1.36. The molecule has 0 amide bonds. The first-order valence-corrected chi connectivity index (χ1v) is 8.70. The molecule has 0 aliphatic carbocycles. The van der Waals surface area contributed by atoms with E-state index >= 15 is 0 Å². The van der Waals surface area contributed by atoms with Crippen LogP contribution in [0.2, 0.25) is 0 Å². The molecule has 0 saturated carbocycles. The van der Waals surface area contributed by atoms with Crippen LogP contribution in [0.25, 0.3) is 11.3 Å². The Morgan fingerprint density at radius 3 is 2.81 bits per heavy atom. The summed E-state index contributed by atoms with van der Waals surface area (Å²) < 4.78 is 10.5. The van der Waals surface area contributed by atoms with E-state index in [1.807, 2.05) is 5.38 Å². The molecule has 3 aromatic rings. The number of benzene rings is 2. The van der Waals surface area contributed by atoms with Crippen LogP contribution in [0, 0.1) is 10.1 Å². The zero-order valence-electron chi connectivity index (χ0n) is 14.6. The van der Waals surface area contributed by atoms with E-state index in [1.54, 1.807) is 50.8 Å². The van der Waals surface area contributed by atoms with E-state index in [4.69, 9.17) is 9.47 Å². The van der Waals surface area contributed by atoms with E-state index in [9.17, 15) is 10.1 Å². The fourth-order valence-electron chi connectivity index (χ4n) is 2.33. The molecule has 0 saturated heterocycles. The van der Waals surface area contributed by atoms with Gasteiger partial charge in [0.05, 0.1) is 31.1 Å². The van der Waals surface area contributed by atoms with Crippen LogP contribution in [-0.4, -0.2) is 30.3 Å². The normalized spacial score (nSPS) is 10.7. The molecule has 0 fully saturated rings. The van der Waals surface area contributed by atoms with Crippen LogP contribution in [-0.2, 0) is 0 Å². The number of nitro benzene ring substituents is 1. The lowest BCUT2D eigenvalue weighted by atomic mass is 10.1. The molecule has 0 aliphatic heterocycles. The highest BCUT2D eigenvalue weighted by Crippen LogP contribution is 2.27. The molecule has 0 spiro atoms. The van der Waals surface area contributed by atoms with E-state index in [1.165, 1.54) is 23.5 Å². The van der Waals surface area contributed by atoms with E-state index in [0.29, 0.717) is 27.9 Å². The van der Waals surface area contributed by atoms with Gasteiger partial charge in [-0.25, -0.2) is 4.98 Å². The lowest BCUT2D eigenvalue weighted by Crippen LogP contribution is -1.95. The van der Waals surface area contributed by atoms with Crippen LogP contribution in [0.1, 0.15) is 5.56 Å². The van der Waals surface area contributed by atoms with Crippen molar-refractivity contribution in [1.82, 2.24) is 4.98 Å². The van der Waals surface area contributed by atoms with Crippen molar-refractivity contribution in [2.45, 2.75) is 0 Å². The number of nitrogens with zero attached hydrogens (tertiary/aromatic N) is 3. The number of hydrogen-bond acceptors (Lipinski definition) is 8. The van der Waals surface area contributed by atoms with Crippen molar-refractivity contribution >= 4 is 28.4 Å². The highest BCUT2D eigenvalue weighted by Gasteiger charge is 2.10. The second-order valence-corrected chi connectivity index (χ2v) is 6.18. The number of nitrogens with one attached hydrogen (secondary N) is 1. The number of nitro groups is 1. The molecule has 2 aromatic carbocycles.